The van der Waals surface area contributed by atoms with Gasteiger partial charge in [-0.05, 0) is 92.8 Å². The van der Waals surface area contributed by atoms with Crippen LogP contribution in [-0.4, -0.2) is 44.3 Å². The first-order valence-corrected chi connectivity index (χ1v) is 18.0. The van der Waals surface area contributed by atoms with E-state index in [2.05, 4.69) is 57.2 Å². The normalized spacial score (nSPS) is 12.9. The summed E-state index contributed by atoms with van der Waals surface area (Å²) in [5, 5.41) is 0. The average molecular weight is 736 g/mol. The maximum absolute atomic E-state index is 5.37. The van der Waals surface area contributed by atoms with Crippen LogP contribution in [-0.2, 0) is 22.4 Å². The van der Waals surface area contributed by atoms with Gasteiger partial charge in [0.15, 0.2) is 0 Å². The van der Waals surface area contributed by atoms with Crippen molar-refractivity contribution in [3.8, 4) is 33.9 Å². The van der Waals surface area contributed by atoms with Crippen molar-refractivity contribution < 1.29 is 31.9 Å². The first-order chi connectivity index (χ1) is 22.6. The second-order valence-corrected chi connectivity index (χ2v) is 14.5. The summed E-state index contributed by atoms with van der Waals surface area (Å²) in [5.41, 5.74) is 7.66. The minimum Gasteiger partial charge on any atom is -0.497 e. The van der Waals surface area contributed by atoms with Gasteiger partial charge in [0.05, 0.1) is 44.3 Å². The monoisotopic (exact) mass is 734 g/mol. The molecule has 7 heteroatoms. The van der Waals surface area contributed by atoms with Crippen LogP contribution in [0.5, 0.6) is 11.5 Å². The van der Waals surface area contributed by atoms with Crippen LogP contribution in [0.4, 0.5) is 5.82 Å². The molecule has 0 saturated carbocycles. The van der Waals surface area contributed by atoms with Gasteiger partial charge in [0, 0.05) is 11.1 Å². The van der Waals surface area contributed by atoms with E-state index < -0.39 is 0 Å². The zero-order chi connectivity index (χ0) is 32.3. The van der Waals surface area contributed by atoms with Crippen molar-refractivity contribution in [1.29, 1.82) is 0 Å². The molecule has 0 fully saturated rings. The van der Waals surface area contributed by atoms with E-state index in [9.17, 15) is 0 Å². The third kappa shape index (κ3) is 9.09. The van der Waals surface area contributed by atoms with Crippen LogP contribution in [0.15, 0.2) is 131 Å². The Bertz CT molecular complexity index is 1790. The van der Waals surface area contributed by atoms with Crippen molar-refractivity contribution in [3.05, 3.63) is 132 Å². The van der Waals surface area contributed by atoms with Gasteiger partial charge < -0.3 is 19.5 Å². The van der Waals surface area contributed by atoms with E-state index in [4.69, 9.17) is 24.4 Å². The molecule has 1 aliphatic rings. The molecule has 1 aromatic heterocycles. The van der Waals surface area contributed by atoms with Crippen LogP contribution in [0.2, 0.25) is 0 Å². The summed E-state index contributed by atoms with van der Waals surface area (Å²) in [6.45, 7) is 6.92. The van der Waals surface area contributed by atoms with Crippen LogP contribution >= 0.6 is 7.92 Å². The number of aromatic nitrogens is 1. The first kappa shape index (κ1) is 35.9. The van der Waals surface area contributed by atoms with E-state index >= 15 is 0 Å². The molecule has 0 N–H and O–H groups in total. The molecule has 47 heavy (non-hydrogen) atoms. The molecule has 6 rings (SSSR count). The fourth-order valence-corrected chi connectivity index (χ4v) is 6.82. The van der Waals surface area contributed by atoms with Gasteiger partial charge in [-0.2, -0.15) is 0 Å². The second kappa shape index (κ2) is 17.8. The van der Waals surface area contributed by atoms with E-state index in [1.54, 1.807) is 14.2 Å². The SMILES string of the molecule is CC[PH+](CC)CC.COc1ccc(C2=CC(c3ccccc3)=N/C2=N\c2[n-]c(-c3ccccc3)cc2-c2ccc(OC)cc2)cc1.[Ag+]. The summed E-state index contributed by atoms with van der Waals surface area (Å²) in [5.74, 6) is 2.83. The molecule has 5 aromatic rings. The van der Waals surface area contributed by atoms with E-state index in [-0.39, 0.29) is 30.3 Å². The number of amidine groups is 1. The molecular weight excluding hydrogens is 693 g/mol. The van der Waals surface area contributed by atoms with Crippen LogP contribution < -0.4 is 14.5 Å². The molecule has 0 bridgehead atoms. The van der Waals surface area contributed by atoms with E-state index in [1.165, 1.54) is 18.5 Å². The fourth-order valence-electron chi connectivity index (χ4n) is 5.32. The number of allylic oxidation sites excluding steroid dienone is 1. The fraction of sp³-hybridized carbons (Fsp3) is 0.200. The maximum atomic E-state index is 5.37. The third-order valence-corrected chi connectivity index (χ3v) is 11.1. The van der Waals surface area contributed by atoms with Gasteiger partial charge in [0.2, 0.25) is 0 Å². The van der Waals surface area contributed by atoms with Crippen LogP contribution in [0.25, 0.3) is 28.0 Å². The topological polar surface area (TPSA) is 57.3 Å². The number of hydrogen-bond donors (Lipinski definition) is 0. The molecule has 0 radical (unpaired) electrons. The van der Waals surface area contributed by atoms with Gasteiger partial charge in [-0.3, -0.25) is 4.99 Å². The summed E-state index contributed by atoms with van der Waals surface area (Å²) in [4.78, 5) is 15.0. The Morgan fingerprint density at radius 1 is 0.638 bits per heavy atom. The van der Waals surface area contributed by atoms with Gasteiger partial charge >= 0.3 is 22.4 Å². The third-order valence-electron chi connectivity index (χ3n) is 8.15. The van der Waals surface area contributed by atoms with Crippen molar-refractivity contribution in [2.75, 3.05) is 32.7 Å². The minimum absolute atomic E-state index is 0. The van der Waals surface area contributed by atoms with Gasteiger partial charge in [-0.15, -0.1) is 0 Å². The largest absolute Gasteiger partial charge is 1.00 e. The van der Waals surface area contributed by atoms with Crippen LogP contribution in [0.3, 0.4) is 0 Å². The van der Waals surface area contributed by atoms with Crippen LogP contribution in [0, 0.1) is 0 Å². The summed E-state index contributed by atoms with van der Waals surface area (Å²) in [6.07, 6.45) is 6.46. The number of rotatable bonds is 10. The number of nitrogens with zero attached hydrogens (tertiary/aromatic N) is 3. The number of aliphatic imine (C=N–C) groups is 2. The summed E-state index contributed by atoms with van der Waals surface area (Å²) >= 11 is 0. The smallest absolute Gasteiger partial charge is 0.497 e. The molecule has 0 saturated heterocycles. The Balaban J connectivity index is 0.000000565. The van der Waals surface area contributed by atoms with Crippen molar-refractivity contribution in [3.63, 3.8) is 0 Å². The molecule has 1 aliphatic heterocycles. The van der Waals surface area contributed by atoms with Gasteiger partial charge in [0.25, 0.3) is 0 Å². The molecule has 5 nitrogen and oxygen atoms in total. The molecule has 0 unspecified atom stereocenters. The van der Waals surface area contributed by atoms with E-state index in [0.717, 1.165) is 56.3 Å². The number of benzene rings is 4. The Morgan fingerprint density at radius 2 is 1.15 bits per heavy atom. The summed E-state index contributed by atoms with van der Waals surface area (Å²) in [7, 11) is 3.47. The molecule has 2 heterocycles. The number of ether oxygens (including phenoxy) is 2. The Labute approximate surface area is 296 Å². The molecule has 4 aromatic carbocycles. The molecule has 244 valence electrons. The minimum atomic E-state index is 0. The predicted octanol–water partition coefficient (Wildman–Crippen LogP) is 9.87. The zero-order valence-corrected chi connectivity index (χ0v) is 30.1. The standard InChI is InChI=1S/C34H26N3O2.C6H15P.Ag/c1-38-27-17-13-23(14-18-27)29-21-31(25-9-5-3-6-10-25)35-33(29)37-34-30(24-15-19-28(39-2)20-16-24)22-32(36-34)26-11-7-4-8-12-26;1-4-7(5-2)6-3;/h3-22H,1-2H3;4-6H2,1-3H3;/q-1;;+1/p+1/b37-33-;;. The molecule has 0 atom stereocenters. The van der Waals surface area contributed by atoms with E-state index in [1.807, 2.05) is 84.9 Å². The zero-order valence-electron chi connectivity index (χ0n) is 27.6. The quantitative estimate of drug-likeness (QED) is 0.106. The van der Waals surface area contributed by atoms with Crippen LogP contribution in [0.1, 0.15) is 31.9 Å². The molecule has 0 aliphatic carbocycles. The number of hydrogen-bond acceptors (Lipinski definition) is 3. The maximum Gasteiger partial charge on any atom is 1.00 e. The summed E-state index contributed by atoms with van der Waals surface area (Å²) in [6, 6.07) is 38.3. The van der Waals surface area contributed by atoms with Crippen molar-refractivity contribution in [2.24, 2.45) is 9.98 Å². The Kier molecular flexibility index (Phi) is 13.6. The Hall–Kier alpha value is -3.99. The predicted molar refractivity (Wildman–Crippen MR) is 198 cm³/mol. The Morgan fingerprint density at radius 3 is 1.64 bits per heavy atom. The van der Waals surface area contributed by atoms with Gasteiger partial charge in [-0.1, -0.05) is 91.0 Å². The summed E-state index contributed by atoms with van der Waals surface area (Å²) < 4.78 is 10.7. The number of methoxy groups -OCH3 is 2. The van der Waals surface area contributed by atoms with Gasteiger partial charge in [0.1, 0.15) is 11.5 Å². The molecule has 0 amide bonds. The molecular formula is C40H42AgN3O2P+. The van der Waals surface area contributed by atoms with Crippen molar-refractivity contribution in [2.45, 2.75) is 20.8 Å². The molecule has 0 spiro atoms. The van der Waals surface area contributed by atoms with Gasteiger partial charge in [-0.25, -0.2) is 0 Å². The first-order valence-electron chi connectivity index (χ1n) is 15.9. The average Bonchev–Trinajstić information content (AvgIpc) is 3.75. The van der Waals surface area contributed by atoms with Crippen molar-refractivity contribution in [1.82, 2.24) is 4.98 Å². The second-order valence-electron chi connectivity index (χ2n) is 10.9. The van der Waals surface area contributed by atoms with E-state index in [0.29, 0.717) is 11.7 Å². The van der Waals surface area contributed by atoms with Crippen molar-refractivity contribution >= 4 is 30.9 Å².